The Labute approximate surface area is 108 Å². The van der Waals surface area contributed by atoms with E-state index in [1.165, 1.54) is 0 Å². The van der Waals surface area contributed by atoms with E-state index in [4.69, 9.17) is 4.42 Å². The number of hydrogen-bond donors (Lipinski definition) is 1. The van der Waals surface area contributed by atoms with E-state index in [9.17, 15) is 0 Å². The molecule has 0 aliphatic carbocycles. The summed E-state index contributed by atoms with van der Waals surface area (Å²) in [4.78, 5) is 4.31. The molecule has 0 aliphatic heterocycles. The third kappa shape index (κ3) is 3.70. The molecule has 0 amide bonds. The van der Waals surface area contributed by atoms with Crippen LogP contribution in [0.2, 0.25) is 0 Å². The van der Waals surface area contributed by atoms with Crippen molar-refractivity contribution in [3.05, 3.63) is 42.4 Å². The molecule has 0 radical (unpaired) electrons. The number of oxazole rings is 1. The van der Waals surface area contributed by atoms with Gasteiger partial charge in [0.15, 0.2) is 11.7 Å². The summed E-state index contributed by atoms with van der Waals surface area (Å²) in [6.07, 6.45) is 2.60. The Kier molecular flexibility index (Phi) is 3.82. The van der Waals surface area contributed by atoms with Gasteiger partial charge in [0.05, 0.1) is 6.20 Å². The highest BCUT2D eigenvalue weighted by atomic mass is 16.4. The molecule has 18 heavy (non-hydrogen) atoms. The van der Waals surface area contributed by atoms with Crippen molar-refractivity contribution in [2.45, 2.75) is 32.7 Å². The summed E-state index contributed by atoms with van der Waals surface area (Å²) in [5, 5.41) is 3.42. The lowest BCUT2D eigenvalue weighted by molar-refractivity contribution is 0.412. The SMILES string of the molecule is CC(C)(C)NCCc1ncc(-c2ccccc2)o1. The van der Waals surface area contributed by atoms with Gasteiger partial charge in [-0.3, -0.25) is 0 Å². The predicted molar refractivity (Wildman–Crippen MR) is 73.4 cm³/mol. The standard InChI is InChI=1S/C15H20N2O/c1-15(2,3)17-10-9-14-16-11-13(18-14)12-7-5-4-6-8-12/h4-8,11,17H,9-10H2,1-3H3. The van der Waals surface area contributed by atoms with Crippen molar-refractivity contribution in [2.24, 2.45) is 0 Å². The first-order valence-corrected chi connectivity index (χ1v) is 6.30. The van der Waals surface area contributed by atoms with Crippen molar-refractivity contribution < 1.29 is 4.42 Å². The van der Waals surface area contributed by atoms with Gasteiger partial charge in [-0.2, -0.15) is 0 Å². The van der Waals surface area contributed by atoms with Crippen LogP contribution in [0.3, 0.4) is 0 Å². The Hall–Kier alpha value is -1.61. The Bertz CT molecular complexity index is 483. The normalized spacial score (nSPS) is 11.7. The quantitative estimate of drug-likeness (QED) is 0.897. The van der Waals surface area contributed by atoms with Crippen LogP contribution in [0, 0.1) is 0 Å². The van der Waals surface area contributed by atoms with Gasteiger partial charge in [0.1, 0.15) is 0 Å². The minimum atomic E-state index is 0.134. The van der Waals surface area contributed by atoms with E-state index < -0.39 is 0 Å². The molecular weight excluding hydrogens is 224 g/mol. The Morgan fingerprint density at radius 2 is 1.89 bits per heavy atom. The molecule has 0 saturated carbocycles. The number of rotatable bonds is 4. The van der Waals surface area contributed by atoms with E-state index in [-0.39, 0.29) is 5.54 Å². The molecule has 1 N–H and O–H groups in total. The van der Waals surface area contributed by atoms with Gasteiger partial charge >= 0.3 is 0 Å². The van der Waals surface area contributed by atoms with Gasteiger partial charge in [0.25, 0.3) is 0 Å². The Morgan fingerprint density at radius 1 is 1.17 bits per heavy atom. The van der Waals surface area contributed by atoms with Gasteiger partial charge < -0.3 is 9.73 Å². The van der Waals surface area contributed by atoms with Crippen LogP contribution in [0.25, 0.3) is 11.3 Å². The molecule has 0 atom stereocenters. The van der Waals surface area contributed by atoms with E-state index in [1.807, 2.05) is 30.3 Å². The molecule has 3 heteroatoms. The van der Waals surface area contributed by atoms with E-state index >= 15 is 0 Å². The van der Waals surface area contributed by atoms with Crippen LogP contribution in [0.5, 0.6) is 0 Å². The van der Waals surface area contributed by atoms with Crippen molar-refractivity contribution >= 4 is 0 Å². The zero-order valence-corrected chi connectivity index (χ0v) is 11.2. The summed E-state index contributed by atoms with van der Waals surface area (Å²) >= 11 is 0. The van der Waals surface area contributed by atoms with E-state index in [0.29, 0.717) is 0 Å². The van der Waals surface area contributed by atoms with Gasteiger partial charge in [-0.05, 0) is 20.8 Å². The average Bonchev–Trinajstić information content (AvgIpc) is 2.77. The first-order valence-electron chi connectivity index (χ1n) is 6.30. The maximum absolute atomic E-state index is 5.73. The molecule has 0 bridgehead atoms. The molecular formula is C15H20N2O. The third-order valence-corrected chi connectivity index (χ3v) is 2.61. The topological polar surface area (TPSA) is 38.1 Å². The van der Waals surface area contributed by atoms with E-state index in [2.05, 4.69) is 31.1 Å². The lowest BCUT2D eigenvalue weighted by atomic mass is 10.1. The van der Waals surface area contributed by atoms with Gasteiger partial charge in [-0.1, -0.05) is 30.3 Å². The van der Waals surface area contributed by atoms with Gasteiger partial charge in [-0.25, -0.2) is 4.98 Å². The first-order chi connectivity index (χ1) is 8.54. The average molecular weight is 244 g/mol. The van der Waals surface area contributed by atoms with Crippen LogP contribution in [-0.4, -0.2) is 17.1 Å². The van der Waals surface area contributed by atoms with E-state index in [1.54, 1.807) is 6.20 Å². The maximum atomic E-state index is 5.73. The Balaban J connectivity index is 1.95. The largest absolute Gasteiger partial charge is 0.441 e. The van der Waals surface area contributed by atoms with Crippen LogP contribution in [0.1, 0.15) is 26.7 Å². The van der Waals surface area contributed by atoms with Crippen molar-refractivity contribution in [3.63, 3.8) is 0 Å². The second-order valence-electron chi connectivity index (χ2n) is 5.41. The summed E-state index contributed by atoms with van der Waals surface area (Å²) < 4.78 is 5.73. The fourth-order valence-electron chi connectivity index (χ4n) is 1.71. The van der Waals surface area contributed by atoms with Crippen LogP contribution < -0.4 is 5.32 Å². The number of hydrogen-bond acceptors (Lipinski definition) is 3. The number of nitrogens with zero attached hydrogens (tertiary/aromatic N) is 1. The summed E-state index contributed by atoms with van der Waals surface area (Å²) in [6, 6.07) is 10.0. The molecule has 1 aromatic heterocycles. The number of aromatic nitrogens is 1. The molecule has 0 saturated heterocycles. The van der Waals surface area contributed by atoms with Crippen LogP contribution in [0.4, 0.5) is 0 Å². The number of benzene rings is 1. The smallest absolute Gasteiger partial charge is 0.196 e. The van der Waals surface area contributed by atoms with Crippen molar-refractivity contribution in [2.75, 3.05) is 6.54 Å². The van der Waals surface area contributed by atoms with E-state index in [0.717, 1.165) is 30.2 Å². The zero-order chi connectivity index (χ0) is 13.0. The molecule has 0 spiro atoms. The fourth-order valence-corrected chi connectivity index (χ4v) is 1.71. The van der Waals surface area contributed by atoms with Gasteiger partial charge in [0, 0.05) is 24.1 Å². The first kappa shape index (κ1) is 12.8. The Morgan fingerprint density at radius 3 is 2.56 bits per heavy atom. The second-order valence-corrected chi connectivity index (χ2v) is 5.41. The van der Waals surface area contributed by atoms with Gasteiger partial charge in [0.2, 0.25) is 0 Å². The molecule has 1 heterocycles. The molecule has 96 valence electrons. The maximum Gasteiger partial charge on any atom is 0.196 e. The minimum absolute atomic E-state index is 0.134. The van der Waals surface area contributed by atoms with Crippen molar-refractivity contribution in [3.8, 4) is 11.3 Å². The zero-order valence-electron chi connectivity index (χ0n) is 11.2. The lowest BCUT2D eigenvalue weighted by Gasteiger charge is -2.19. The van der Waals surface area contributed by atoms with Crippen LogP contribution >= 0.6 is 0 Å². The summed E-state index contributed by atoms with van der Waals surface area (Å²) in [5.74, 6) is 1.62. The minimum Gasteiger partial charge on any atom is -0.441 e. The summed E-state index contributed by atoms with van der Waals surface area (Å²) in [6.45, 7) is 7.33. The second kappa shape index (κ2) is 5.36. The lowest BCUT2D eigenvalue weighted by Crippen LogP contribution is -2.37. The fraction of sp³-hybridized carbons (Fsp3) is 0.400. The molecule has 0 unspecified atom stereocenters. The van der Waals surface area contributed by atoms with Gasteiger partial charge in [-0.15, -0.1) is 0 Å². The highest BCUT2D eigenvalue weighted by molar-refractivity contribution is 5.55. The third-order valence-electron chi connectivity index (χ3n) is 2.61. The molecule has 3 nitrogen and oxygen atoms in total. The summed E-state index contributed by atoms with van der Waals surface area (Å²) in [7, 11) is 0. The predicted octanol–water partition coefficient (Wildman–Crippen LogP) is 3.27. The molecule has 0 aliphatic rings. The van der Waals surface area contributed by atoms with Crippen LogP contribution in [-0.2, 0) is 6.42 Å². The monoisotopic (exact) mass is 244 g/mol. The molecule has 1 aromatic carbocycles. The molecule has 0 fully saturated rings. The highest BCUT2D eigenvalue weighted by Crippen LogP contribution is 2.19. The molecule has 2 rings (SSSR count). The molecule has 2 aromatic rings. The van der Waals surface area contributed by atoms with Crippen molar-refractivity contribution in [1.82, 2.24) is 10.3 Å². The highest BCUT2D eigenvalue weighted by Gasteiger charge is 2.10. The van der Waals surface area contributed by atoms with Crippen LogP contribution in [0.15, 0.2) is 40.9 Å². The number of nitrogens with one attached hydrogen (secondary N) is 1. The summed E-state index contributed by atoms with van der Waals surface area (Å²) in [5.41, 5.74) is 1.20. The van der Waals surface area contributed by atoms with Crippen molar-refractivity contribution in [1.29, 1.82) is 0 Å².